The van der Waals surface area contributed by atoms with Gasteiger partial charge in [-0.25, -0.2) is 0 Å². The summed E-state index contributed by atoms with van der Waals surface area (Å²) in [6, 6.07) is 13.1. The fraction of sp³-hybridized carbons (Fsp3) is 0.0769. The van der Waals surface area contributed by atoms with E-state index < -0.39 is 0 Å². The van der Waals surface area contributed by atoms with Gasteiger partial charge < -0.3 is 0 Å². The second-order valence-corrected chi connectivity index (χ2v) is 3.83. The maximum absolute atomic E-state index is 4.20. The molecule has 0 fully saturated rings. The first-order valence-electron chi connectivity index (χ1n) is 5.74. The Bertz CT molecular complexity index is 702. The number of rotatable bonds is 3. The fourth-order valence-corrected chi connectivity index (χ4v) is 1.69. The molecule has 0 spiro atoms. The minimum Gasteiger partial charge on any atom is -0.192 e. The molecule has 1 aliphatic heterocycles. The zero-order valence-corrected chi connectivity index (χ0v) is 10.2. The highest BCUT2D eigenvalue weighted by molar-refractivity contribution is 5.78. The summed E-state index contributed by atoms with van der Waals surface area (Å²) in [4.78, 5) is 0. The van der Waals surface area contributed by atoms with Crippen molar-refractivity contribution in [1.29, 1.82) is 0 Å². The predicted molar refractivity (Wildman–Crippen MR) is 71.7 cm³/mol. The standard InChI is InChI=1S/C13H10N6/c1-14-15-9-5-2-3-6-10(9)16-17-11-7-4-8-12-13(11)19-18-12/h2-8H,1H3. The molecule has 0 saturated carbocycles. The Labute approximate surface area is 109 Å². The smallest absolute Gasteiger partial charge is 0.141 e. The Morgan fingerprint density at radius 2 is 1.42 bits per heavy atom. The van der Waals surface area contributed by atoms with Crippen LogP contribution in [0.1, 0.15) is 0 Å². The molecule has 0 amide bonds. The molecule has 6 nitrogen and oxygen atoms in total. The van der Waals surface area contributed by atoms with Crippen LogP contribution >= 0.6 is 0 Å². The van der Waals surface area contributed by atoms with E-state index in [9.17, 15) is 0 Å². The van der Waals surface area contributed by atoms with Crippen molar-refractivity contribution in [2.75, 3.05) is 7.05 Å². The van der Waals surface area contributed by atoms with Crippen LogP contribution in [0.25, 0.3) is 0 Å². The lowest BCUT2D eigenvalue weighted by Gasteiger charge is -2.07. The summed E-state index contributed by atoms with van der Waals surface area (Å²) in [5.41, 5.74) is 3.68. The van der Waals surface area contributed by atoms with Crippen molar-refractivity contribution in [2.24, 2.45) is 30.7 Å². The van der Waals surface area contributed by atoms with Crippen LogP contribution in [-0.2, 0) is 0 Å². The van der Waals surface area contributed by atoms with Gasteiger partial charge >= 0.3 is 0 Å². The average Bonchev–Trinajstić information content (AvgIpc) is 2.40. The molecule has 0 bridgehead atoms. The highest BCUT2D eigenvalue weighted by Crippen LogP contribution is 2.45. The van der Waals surface area contributed by atoms with Gasteiger partial charge in [0, 0.05) is 7.05 Å². The van der Waals surface area contributed by atoms with Crippen LogP contribution in [0.15, 0.2) is 73.2 Å². The third-order valence-electron chi connectivity index (χ3n) is 2.61. The van der Waals surface area contributed by atoms with Crippen LogP contribution in [0, 0.1) is 0 Å². The zero-order valence-electron chi connectivity index (χ0n) is 10.2. The first kappa shape index (κ1) is 11.3. The van der Waals surface area contributed by atoms with Crippen molar-refractivity contribution < 1.29 is 0 Å². The number of hydrogen-bond acceptors (Lipinski definition) is 6. The molecule has 0 N–H and O–H groups in total. The number of benzene rings is 2. The van der Waals surface area contributed by atoms with Crippen LogP contribution in [0.4, 0.5) is 28.4 Å². The molecule has 3 rings (SSSR count). The maximum Gasteiger partial charge on any atom is 0.141 e. The summed E-state index contributed by atoms with van der Waals surface area (Å²) in [5, 5.41) is 24.0. The monoisotopic (exact) mass is 250 g/mol. The van der Waals surface area contributed by atoms with E-state index in [4.69, 9.17) is 0 Å². The Balaban J connectivity index is 1.94. The van der Waals surface area contributed by atoms with Crippen molar-refractivity contribution in [3.05, 3.63) is 42.5 Å². The molecule has 0 aromatic heterocycles. The number of nitrogens with zero attached hydrogens (tertiary/aromatic N) is 6. The largest absolute Gasteiger partial charge is 0.192 e. The van der Waals surface area contributed by atoms with Crippen LogP contribution in [-0.4, -0.2) is 7.05 Å². The molecule has 2 aromatic rings. The van der Waals surface area contributed by atoms with Gasteiger partial charge in [0.25, 0.3) is 0 Å². The molecule has 1 aliphatic rings. The van der Waals surface area contributed by atoms with E-state index in [1.807, 2.05) is 42.5 Å². The Morgan fingerprint density at radius 1 is 0.737 bits per heavy atom. The molecular weight excluding hydrogens is 240 g/mol. The van der Waals surface area contributed by atoms with Gasteiger partial charge in [-0.05, 0) is 24.3 Å². The summed E-state index contributed by atoms with van der Waals surface area (Å²) in [7, 11) is 1.62. The highest BCUT2D eigenvalue weighted by Gasteiger charge is 2.13. The van der Waals surface area contributed by atoms with E-state index in [1.165, 1.54) is 0 Å². The normalized spacial score (nSPS) is 12.9. The molecule has 6 heteroatoms. The minimum absolute atomic E-state index is 0.668. The number of fused-ring (bicyclic) bond motifs is 1. The van der Waals surface area contributed by atoms with E-state index in [0.717, 1.165) is 11.4 Å². The molecule has 0 saturated heterocycles. The van der Waals surface area contributed by atoms with E-state index in [0.29, 0.717) is 17.1 Å². The van der Waals surface area contributed by atoms with Gasteiger partial charge in [0.05, 0.1) is 0 Å². The number of hydrogen-bond donors (Lipinski definition) is 0. The SMILES string of the molecule is CN=Nc1ccccc1N=Nc1cccc2c1N=N2. The molecule has 0 atom stereocenters. The third-order valence-corrected chi connectivity index (χ3v) is 2.61. The topological polar surface area (TPSA) is 74.2 Å². The molecule has 0 radical (unpaired) electrons. The Hall–Kier alpha value is -2.76. The van der Waals surface area contributed by atoms with Gasteiger partial charge in [0.15, 0.2) is 0 Å². The van der Waals surface area contributed by atoms with Gasteiger partial charge in [0.2, 0.25) is 0 Å². The maximum atomic E-state index is 4.20. The summed E-state index contributed by atoms with van der Waals surface area (Å²) in [5.74, 6) is 0. The van der Waals surface area contributed by atoms with Crippen LogP contribution in [0.3, 0.4) is 0 Å². The molecule has 1 heterocycles. The van der Waals surface area contributed by atoms with Gasteiger partial charge in [-0.1, -0.05) is 18.2 Å². The zero-order chi connectivity index (χ0) is 13.1. The second kappa shape index (κ2) is 4.85. The molecule has 0 aliphatic carbocycles. The predicted octanol–water partition coefficient (Wildman–Crippen LogP) is 5.54. The van der Waals surface area contributed by atoms with E-state index in [-0.39, 0.29) is 0 Å². The molecule has 19 heavy (non-hydrogen) atoms. The molecular formula is C13H10N6. The van der Waals surface area contributed by atoms with E-state index in [2.05, 4.69) is 30.7 Å². The van der Waals surface area contributed by atoms with Crippen molar-refractivity contribution in [3.8, 4) is 0 Å². The fourth-order valence-electron chi connectivity index (χ4n) is 1.69. The molecule has 92 valence electrons. The Morgan fingerprint density at radius 3 is 2.11 bits per heavy atom. The van der Waals surface area contributed by atoms with Crippen LogP contribution < -0.4 is 0 Å². The lowest BCUT2D eigenvalue weighted by molar-refractivity contribution is 1.11. The van der Waals surface area contributed by atoms with E-state index >= 15 is 0 Å². The van der Waals surface area contributed by atoms with Crippen molar-refractivity contribution in [2.45, 2.75) is 0 Å². The number of azo groups is 3. The van der Waals surface area contributed by atoms with E-state index in [1.54, 1.807) is 7.05 Å². The second-order valence-electron chi connectivity index (χ2n) is 3.83. The average molecular weight is 250 g/mol. The quantitative estimate of drug-likeness (QED) is 0.547. The van der Waals surface area contributed by atoms with Crippen molar-refractivity contribution in [1.82, 2.24) is 0 Å². The first-order valence-corrected chi connectivity index (χ1v) is 5.74. The molecule has 2 aromatic carbocycles. The first-order chi connectivity index (χ1) is 9.38. The minimum atomic E-state index is 0.668. The van der Waals surface area contributed by atoms with Gasteiger partial charge in [-0.3, -0.25) is 0 Å². The van der Waals surface area contributed by atoms with Crippen molar-refractivity contribution >= 4 is 28.4 Å². The lowest BCUT2D eigenvalue weighted by atomic mass is 10.2. The van der Waals surface area contributed by atoms with Crippen molar-refractivity contribution in [3.63, 3.8) is 0 Å². The summed E-state index contributed by atoms with van der Waals surface area (Å²) in [6.07, 6.45) is 0. The lowest BCUT2D eigenvalue weighted by Crippen LogP contribution is -1.76. The Kier molecular flexibility index (Phi) is 2.89. The summed E-state index contributed by atoms with van der Waals surface area (Å²) < 4.78 is 0. The summed E-state index contributed by atoms with van der Waals surface area (Å²) in [6.45, 7) is 0. The summed E-state index contributed by atoms with van der Waals surface area (Å²) >= 11 is 0. The van der Waals surface area contributed by atoms with Gasteiger partial charge in [-0.15, -0.1) is 20.5 Å². The molecule has 0 unspecified atom stereocenters. The highest BCUT2D eigenvalue weighted by atomic mass is 15.2. The van der Waals surface area contributed by atoms with Gasteiger partial charge in [0.1, 0.15) is 28.4 Å². The van der Waals surface area contributed by atoms with Crippen LogP contribution in [0.5, 0.6) is 0 Å². The van der Waals surface area contributed by atoms with Gasteiger partial charge in [-0.2, -0.15) is 10.2 Å². The third kappa shape index (κ3) is 2.15. The van der Waals surface area contributed by atoms with Crippen LogP contribution in [0.2, 0.25) is 0 Å².